The molecule has 1 aromatic rings. The fourth-order valence-corrected chi connectivity index (χ4v) is 2.53. The molecule has 1 aromatic heterocycles. The van der Waals surface area contributed by atoms with Crippen LogP contribution in [0.3, 0.4) is 0 Å². The van der Waals surface area contributed by atoms with Gasteiger partial charge < -0.3 is 10.5 Å². The van der Waals surface area contributed by atoms with Gasteiger partial charge in [0.1, 0.15) is 6.04 Å². The summed E-state index contributed by atoms with van der Waals surface area (Å²) in [5, 5.41) is 3.35. The number of hydrogen-bond acceptors (Lipinski definition) is 4. The lowest BCUT2D eigenvalue weighted by Crippen LogP contribution is -2.41. The fraction of sp³-hybridized carbons (Fsp3) is 0.571. The second-order valence-corrected chi connectivity index (χ2v) is 4.97. The summed E-state index contributed by atoms with van der Waals surface area (Å²) in [6.07, 6.45) is 7.56. The number of nitrogens with zero attached hydrogens (tertiary/aromatic N) is 1. The number of methoxy groups -OCH3 is 1. The van der Waals surface area contributed by atoms with Gasteiger partial charge in [-0.05, 0) is 18.4 Å². The Morgan fingerprint density at radius 3 is 2.68 bits per heavy atom. The minimum Gasteiger partial charge on any atom is -0.481 e. The first kappa shape index (κ1) is 13.8. The SMILES string of the molecule is COc1ccc(C(NC2CCCCC2)C(N)=O)cn1. The number of hydrogen-bond donors (Lipinski definition) is 2. The number of aromatic nitrogens is 1. The van der Waals surface area contributed by atoms with E-state index in [0.29, 0.717) is 11.9 Å². The normalized spacial score (nSPS) is 17.9. The van der Waals surface area contributed by atoms with Gasteiger partial charge >= 0.3 is 0 Å². The van der Waals surface area contributed by atoms with Crippen molar-refractivity contribution < 1.29 is 9.53 Å². The Kier molecular flexibility index (Phi) is 4.74. The Hall–Kier alpha value is -1.62. The highest BCUT2D eigenvalue weighted by atomic mass is 16.5. The molecule has 1 atom stereocenters. The van der Waals surface area contributed by atoms with Crippen LogP contribution in [0.2, 0.25) is 0 Å². The second-order valence-electron chi connectivity index (χ2n) is 4.97. The average molecular weight is 263 g/mol. The molecule has 0 radical (unpaired) electrons. The molecule has 19 heavy (non-hydrogen) atoms. The molecular weight excluding hydrogens is 242 g/mol. The Bertz CT molecular complexity index is 413. The van der Waals surface area contributed by atoms with Gasteiger partial charge in [0.05, 0.1) is 7.11 Å². The summed E-state index contributed by atoms with van der Waals surface area (Å²) >= 11 is 0. The van der Waals surface area contributed by atoms with E-state index in [9.17, 15) is 4.79 Å². The summed E-state index contributed by atoms with van der Waals surface area (Å²) in [4.78, 5) is 15.8. The molecule has 104 valence electrons. The van der Waals surface area contributed by atoms with Gasteiger partial charge in [0.25, 0.3) is 0 Å². The lowest BCUT2D eigenvalue weighted by molar-refractivity contribution is -0.120. The molecule has 1 unspecified atom stereocenters. The number of nitrogens with two attached hydrogens (primary N) is 1. The molecule has 1 heterocycles. The number of primary amides is 1. The summed E-state index contributed by atoms with van der Waals surface area (Å²) in [6.45, 7) is 0. The first-order valence-corrected chi connectivity index (χ1v) is 6.76. The van der Waals surface area contributed by atoms with E-state index in [-0.39, 0.29) is 5.91 Å². The number of nitrogens with one attached hydrogen (secondary N) is 1. The molecule has 0 bridgehead atoms. The van der Waals surface area contributed by atoms with Crippen LogP contribution in [-0.2, 0) is 4.79 Å². The highest BCUT2D eigenvalue weighted by Crippen LogP contribution is 2.22. The fourth-order valence-electron chi connectivity index (χ4n) is 2.53. The number of pyridine rings is 1. The number of amides is 1. The van der Waals surface area contributed by atoms with E-state index >= 15 is 0 Å². The molecule has 0 aliphatic heterocycles. The zero-order valence-electron chi connectivity index (χ0n) is 11.3. The first-order valence-electron chi connectivity index (χ1n) is 6.76. The Morgan fingerprint density at radius 1 is 1.42 bits per heavy atom. The maximum atomic E-state index is 11.6. The average Bonchev–Trinajstić information content (AvgIpc) is 2.46. The highest BCUT2D eigenvalue weighted by molar-refractivity contribution is 5.81. The van der Waals surface area contributed by atoms with Crippen LogP contribution in [0.4, 0.5) is 0 Å². The first-order chi connectivity index (χ1) is 9.20. The summed E-state index contributed by atoms with van der Waals surface area (Å²) in [5.41, 5.74) is 6.29. The monoisotopic (exact) mass is 263 g/mol. The van der Waals surface area contributed by atoms with E-state index in [4.69, 9.17) is 10.5 Å². The van der Waals surface area contributed by atoms with E-state index in [2.05, 4.69) is 10.3 Å². The standard InChI is InChI=1S/C14H21N3O2/c1-19-12-8-7-10(9-16-12)13(14(15)18)17-11-5-3-2-4-6-11/h7-9,11,13,17H,2-6H2,1H3,(H2,15,18). The number of carbonyl (C=O) groups excluding carboxylic acids is 1. The van der Waals surface area contributed by atoms with Crippen molar-refractivity contribution in [2.24, 2.45) is 5.73 Å². The molecule has 1 amide bonds. The Labute approximate surface area is 113 Å². The van der Waals surface area contributed by atoms with Crippen molar-refractivity contribution in [3.8, 4) is 5.88 Å². The van der Waals surface area contributed by atoms with Gasteiger partial charge in [-0.1, -0.05) is 25.3 Å². The number of ether oxygens (including phenoxy) is 1. The van der Waals surface area contributed by atoms with Crippen LogP contribution in [0.25, 0.3) is 0 Å². The van der Waals surface area contributed by atoms with E-state index in [0.717, 1.165) is 18.4 Å². The molecule has 5 nitrogen and oxygen atoms in total. The lowest BCUT2D eigenvalue weighted by atomic mass is 9.94. The zero-order valence-corrected chi connectivity index (χ0v) is 11.3. The molecule has 1 aliphatic carbocycles. The van der Waals surface area contributed by atoms with Crippen molar-refractivity contribution in [2.75, 3.05) is 7.11 Å². The summed E-state index contributed by atoms with van der Waals surface area (Å²) in [6, 6.07) is 3.47. The summed E-state index contributed by atoms with van der Waals surface area (Å²) in [5.74, 6) is 0.169. The topological polar surface area (TPSA) is 77.2 Å². The van der Waals surface area contributed by atoms with Crippen molar-refractivity contribution in [2.45, 2.75) is 44.2 Å². The molecule has 1 aliphatic rings. The second kappa shape index (κ2) is 6.52. The minimum atomic E-state index is -0.471. The van der Waals surface area contributed by atoms with E-state index < -0.39 is 6.04 Å². The minimum absolute atomic E-state index is 0.363. The van der Waals surface area contributed by atoms with Gasteiger partial charge in [-0.25, -0.2) is 4.98 Å². The lowest BCUT2D eigenvalue weighted by Gasteiger charge is -2.27. The Balaban J connectivity index is 2.07. The van der Waals surface area contributed by atoms with E-state index in [1.165, 1.54) is 19.3 Å². The van der Waals surface area contributed by atoms with Crippen molar-refractivity contribution in [1.29, 1.82) is 0 Å². The van der Waals surface area contributed by atoms with Crippen LogP contribution >= 0.6 is 0 Å². The largest absolute Gasteiger partial charge is 0.481 e. The molecule has 0 aromatic carbocycles. The van der Waals surface area contributed by atoms with Crippen molar-refractivity contribution >= 4 is 5.91 Å². The quantitative estimate of drug-likeness (QED) is 0.844. The van der Waals surface area contributed by atoms with Gasteiger partial charge in [-0.15, -0.1) is 0 Å². The maximum absolute atomic E-state index is 11.6. The number of rotatable bonds is 5. The van der Waals surface area contributed by atoms with Crippen molar-refractivity contribution in [3.05, 3.63) is 23.9 Å². The molecule has 2 rings (SSSR count). The predicted molar refractivity (Wildman–Crippen MR) is 72.7 cm³/mol. The van der Waals surface area contributed by atoms with E-state index in [1.54, 1.807) is 19.4 Å². The van der Waals surface area contributed by atoms with Crippen molar-refractivity contribution in [1.82, 2.24) is 10.3 Å². The van der Waals surface area contributed by atoms with Gasteiger partial charge in [0.15, 0.2) is 0 Å². The number of carbonyl (C=O) groups is 1. The molecule has 1 saturated carbocycles. The summed E-state index contributed by atoms with van der Waals surface area (Å²) < 4.78 is 5.01. The molecule has 3 N–H and O–H groups in total. The predicted octanol–water partition coefficient (Wildman–Crippen LogP) is 1.54. The third-order valence-electron chi connectivity index (χ3n) is 3.59. The van der Waals surface area contributed by atoms with Crippen LogP contribution in [0.15, 0.2) is 18.3 Å². The smallest absolute Gasteiger partial charge is 0.239 e. The van der Waals surface area contributed by atoms with Crippen molar-refractivity contribution in [3.63, 3.8) is 0 Å². The zero-order chi connectivity index (χ0) is 13.7. The summed E-state index contributed by atoms with van der Waals surface area (Å²) in [7, 11) is 1.56. The molecular formula is C14H21N3O2. The van der Waals surface area contributed by atoms with Crippen LogP contribution < -0.4 is 15.8 Å². The third kappa shape index (κ3) is 3.67. The molecule has 1 fully saturated rings. The van der Waals surface area contributed by atoms with Gasteiger partial charge in [0, 0.05) is 18.3 Å². The van der Waals surface area contributed by atoms with Crippen LogP contribution in [0.5, 0.6) is 5.88 Å². The van der Waals surface area contributed by atoms with E-state index in [1.807, 2.05) is 6.07 Å². The maximum Gasteiger partial charge on any atom is 0.239 e. The molecule has 0 saturated heterocycles. The van der Waals surface area contributed by atoms with Gasteiger partial charge in [-0.3, -0.25) is 10.1 Å². The molecule has 0 spiro atoms. The Morgan fingerprint density at radius 2 is 2.16 bits per heavy atom. The van der Waals surface area contributed by atoms with Gasteiger partial charge in [-0.2, -0.15) is 0 Å². The highest BCUT2D eigenvalue weighted by Gasteiger charge is 2.23. The van der Waals surface area contributed by atoms with Crippen LogP contribution in [0.1, 0.15) is 43.7 Å². The molecule has 5 heteroatoms. The van der Waals surface area contributed by atoms with Crippen LogP contribution in [0, 0.1) is 0 Å². The van der Waals surface area contributed by atoms with Crippen LogP contribution in [-0.4, -0.2) is 24.0 Å². The third-order valence-corrected chi connectivity index (χ3v) is 3.59. The van der Waals surface area contributed by atoms with Gasteiger partial charge in [0.2, 0.25) is 11.8 Å².